The van der Waals surface area contributed by atoms with Gasteiger partial charge in [-0.15, -0.1) is 0 Å². The highest BCUT2D eigenvalue weighted by Crippen LogP contribution is 2.23. The standard InChI is InChI=1S/C15H14BrN3O2/c1-20-15-11(16)7-8-12(18-15)14-17-13(9-21-19-14)10-5-3-2-4-6-10/h2-8,13H,9H2,1H3,(H,17,19). The van der Waals surface area contributed by atoms with Gasteiger partial charge in [0.25, 0.3) is 0 Å². The number of aromatic nitrogens is 1. The van der Waals surface area contributed by atoms with E-state index >= 15 is 0 Å². The van der Waals surface area contributed by atoms with Gasteiger partial charge in [0.2, 0.25) is 5.88 Å². The SMILES string of the molecule is COc1nc(C2=NOCC(c3ccccc3)N2)ccc1Br. The highest BCUT2D eigenvalue weighted by atomic mass is 79.9. The zero-order valence-electron chi connectivity index (χ0n) is 11.4. The maximum Gasteiger partial charge on any atom is 0.228 e. The summed E-state index contributed by atoms with van der Waals surface area (Å²) in [6.07, 6.45) is 0. The van der Waals surface area contributed by atoms with E-state index in [1.807, 2.05) is 30.3 Å². The van der Waals surface area contributed by atoms with Crippen LogP contribution in [-0.4, -0.2) is 24.5 Å². The zero-order chi connectivity index (χ0) is 14.7. The molecule has 5 nitrogen and oxygen atoms in total. The van der Waals surface area contributed by atoms with Gasteiger partial charge in [0.15, 0.2) is 5.84 Å². The molecule has 0 saturated heterocycles. The van der Waals surface area contributed by atoms with Crippen LogP contribution in [-0.2, 0) is 4.84 Å². The van der Waals surface area contributed by atoms with Crippen LogP contribution < -0.4 is 10.1 Å². The van der Waals surface area contributed by atoms with Gasteiger partial charge in [-0.1, -0.05) is 35.5 Å². The van der Waals surface area contributed by atoms with Gasteiger partial charge in [-0.05, 0) is 33.6 Å². The Labute approximate surface area is 131 Å². The molecule has 108 valence electrons. The fraction of sp³-hybridized carbons (Fsp3) is 0.200. The van der Waals surface area contributed by atoms with Gasteiger partial charge in [-0.3, -0.25) is 0 Å². The minimum Gasteiger partial charge on any atom is -0.480 e. The summed E-state index contributed by atoms with van der Waals surface area (Å²) < 4.78 is 6.00. The molecule has 3 rings (SSSR count). The van der Waals surface area contributed by atoms with Crippen molar-refractivity contribution in [2.45, 2.75) is 6.04 Å². The first-order chi connectivity index (χ1) is 10.3. The van der Waals surface area contributed by atoms with Crippen LogP contribution in [0.1, 0.15) is 17.3 Å². The van der Waals surface area contributed by atoms with Crippen molar-refractivity contribution in [1.29, 1.82) is 0 Å². The molecule has 0 fully saturated rings. The van der Waals surface area contributed by atoms with Gasteiger partial charge < -0.3 is 14.9 Å². The van der Waals surface area contributed by atoms with Crippen LogP contribution in [0.5, 0.6) is 5.88 Å². The predicted molar refractivity (Wildman–Crippen MR) is 83.3 cm³/mol. The number of hydrogen-bond donors (Lipinski definition) is 1. The molecule has 1 aromatic carbocycles. The van der Waals surface area contributed by atoms with E-state index in [1.165, 1.54) is 0 Å². The highest BCUT2D eigenvalue weighted by Gasteiger charge is 2.21. The van der Waals surface area contributed by atoms with Crippen molar-refractivity contribution in [1.82, 2.24) is 10.3 Å². The van der Waals surface area contributed by atoms with Crippen LogP contribution >= 0.6 is 15.9 Å². The monoisotopic (exact) mass is 347 g/mol. The number of nitrogens with one attached hydrogen (secondary N) is 1. The Morgan fingerprint density at radius 2 is 2.05 bits per heavy atom. The van der Waals surface area contributed by atoms with Gasteiger partial charge in [0.1, 0.15) is 12.3 Å². The van der Waals surface area contributed by atoms with E-state index in [0.717, 1.165) is 10.0 Å². The van der Waals surface area contributed by atoms with E-state index in [1.54, 1.807) is 7.11 Å². The summed E-state index contributed by atoms with van der Waals surface area (Å²) in [5.41, 5.74) is 1.82. The predicted octanol–water partition coefficient (Wildman–Crippen LogP) is 2.88. The highest BCUT2D eigenvalue weighted by molar-refractivity contribution is 9.10. The second-order valence-corrected chi connectivity index (χ2v) is 5.39. The smallest absolute Gasteiger partial charge is 0.228 e. The molecule has 0 spiro atoms. The van der Waals surface area contributed by atoms with Crippen molar-refractivity contribution in [3.05, 3.63) is 58.2 Å². The van der Waals surface area contributed by atoms with Crippen molar-refractivity contribution in [2.75, 3.05) is 13.7 Å². The molecule has 1 atom stereocenters. The molecule has 0 bridgehead atoms. The molecule has 1 unspecified atom stereocenters. The van der Waals surface area contributed by atoms with E-state index in [0.29, 0.717) is 24.0 Å². The minimum atomic E-state index is 0.0511. The number of benzene rings is 1. The summed E-state index contributed by atoms with van der Waals surface area (Å²) in [5.74, 6) is 1.11. The molecule has 0 amide bonds. The Bertz CT molecular complexity index is 661. The number of amidine groups is 1. The van der Waals surface area contributed by atoms with Gasteiger partial charge in [-0.25, -0.2) is 4.98 Å². The minimum absolute atomic E-state index is 0.0511. The van der Waals surface area contributed by atoms with E-state index in [-0.39, 0.29) is 6.04 Å². The summed E-state index contributed by atoms with van der Waals surface area (Å²) in [5, 5.41) is 7.40. The number of methoxy groups -OCH3 is 1. The molecule has 1 aromatic heterocycles. The molecule has 1 N–H and O–H groups in total. The number of rotatable bonds is 3. The number of pyridine rings is 1. The lowest BCUT2D eigenvalue weighted by atomic mass is 10.1. The van der Waals surface area contributed by atoms with E-state index in [2.05, 4.69) is 43.5 Å². The third-order valence-corrected chi connectivity index (χ3v) is 3.76. The molecular formula is C15H14BrN3O2. The Morgan fingerprint density at radius 1 is 1.24 bits per heavy atom. The first-order valence-corrected chi connectivity index (χ1v) is 7.29. The van der Waals surface area contributed by atoms with Crippen molar-refractivity contribution in [2.24, 2.45) is 5.16 Å². The Kier molecular flexibility index (Phi) is 4.06. The van der Waals surface area contributed by atoms with Crippen molar-refractivity contribution >= 4 is 21.8 Å². The summed E-state index contributed by atoms with van der Waals surface area (Å²) in [7, 11) is 1.58. The molecule has 6 heteroatoms. The van der Waals surface area contributed by atoms with E-state index in [9.17, 15) is 0 Å². The number of halogens is 1. The second-order valence-electron chi connectivity index (χ2n) is 4.53. The van der Waals surface area contributed by atoms with E-state index < -0.39 is 0 Å². The summed E-state index contributed by atoms with van der Waals surface area (Å²) in [4.78, 5) is 9.74. The van der Waals surface area contributed by atoms with Crippen molar-refractivity contribution in [3.8, 4) is 5.88 Å². The first-order valence-electron chi connectivity index (χ1n) is 6.50. The summed E-state index contributed by atoms with van der Waals surface area (Å²) in [6.45, 7) is 0.487. The summed E-state index contributed by atoms with van der Waals surface area (Å²) >= 11 is 3.38. The molecule has 21 heavy (non-hydrogen) atoms. The molecule has 1 aliphatic rings. The number of nitrogens with zero attached hydrogens (tertiary/aromatic N) is 2. The average molecular weight is 348 g/mol. The second kappa shape index (κ2) is 6.13. The lowest BCUT2D eigenvalue weighted by Crippen LogP contribution is -2.36. The lowest BCUT2D eigenvalue weighted by molar-refractivity contribution is 0.109. The quantitative estimate of drug-likeness (QED) is 0.927. The zero-order valence-corrected chi connectivity index (χ0v) is 13.0. The van der Waals surface area contributed by atoms with Gasteiger partial charge in [0.05, 0.1) is 17.6 Å². The van der Waals surface area contributed by atoms with E-state index in [4.69, 9.17) is 9.57 Å². The van der Waals surface area contributed by atoms with Crippen LogP contribution in [0, 0.1) is 0 Å². The molecular weight excluding hydrogens is 334 g/mol. The first kappa shape index (κ1) is 13.9. The third kappa shape index (κ3) is 3.00. The Morgan fingerprint density at radius 3 is 2.81 bits per heavy atom. The molecule has 2 heterocycles. The van der Waals surface area contributed by atoms with Crippen LogP contribution in [0.15, 0.2) is 52.1 Å². The van der Waals surface area contributed by atoms with Crippen LogP contribution in [0.25, 0.3) is 0 Å². The topological polar surface area (TPSA) is 55.7 Å². The van der Waals surface area contributed by atoms with Gasteiger partial charge >= 0.3 is 0 Å². The average Bonchev–Trinajstić information content (AvgIpc) is 2.56. The lowest BCUT2D eigenvalue weighted by Gasteiger charge is -2.24. The van der Waals surface area contributed by atoms with Crippen molar-refractivity contribution < 1.29 is 9.57 Å². The fourth-order valence-electron chi connectivity index (χ4n) is 2.09. The van der Waals surface area contributed by atoms with Crippen LogP contribution in [0.2, 0.25) is 0 Å². The maximum absolute atomic E-state index is 5.34. The van der Waals surface area contributed by atoms with Crippen molar-refractivity contribution in [3.63, 3.8) is 0 Å². The molecule has 1 aliphatic heterocycles. The number of oxime groups is 1. The summed E-state index contributed by atoms with van der Waals surface area (Å²) in [6, 6.07) is 13.9. The normalized spacial score (nSPS) is 17.4. The number of ether oxygens (including phenoxy) is 1. The molecule has 0 saturated carbocycles. The van der Waals surface area contributed by atoms with Gasteiger partial charge in [-0.2, -0.15) is 0 Å². The third-order valence-electron chi connectivity index (χ3n) is 3.16. The van der Waals surface area contributed by atoms with Crippen LogP contribution in [0.3, 0.4) is 0 Å². The molecule has 2 aromatic rings. The largest absolute Gasteiger partial charge is 0.480 e. The molecule has 0 aliphatic carbocycles. The molecule has 0 radical (unpaired) electrons. The Balaban J connectivity index is 1.85. The Hall–Kier alpha value is -2.08. The fourth-order valence-corrected chi connectivity index (χ4v) is 2.48. The number of hydrogen-bond acceptors (Lipinski definition) is 5. The van der Waals surface area contributed by atoms with Crippen LogP contribution in [0.4, 0.5) is 0 Å². The van der Waals surface area contributed by atoms with Gasteiger partial charge in [0, 0.05) is 0 Å². The maximum atomic E-state index is 5.34.